The Morgan fingerprint density at radius 3 is 1.39 bits per heavy atom. The number of fused-ring (bicyclic) bond motifs is 5. The summed E-state index contributed by atoms with van der Waals surface area (Å²) in [5.41, 5.74) is 16.4. The number of hydrogen-bond donors (Lipinski definition) is 0. The van der Waals surface area contributed by atoms with E-state index in [9.17, 15) is 0 Å². The van der Waals surface area contributed by atoms with Crippen molar-refractivity contribution in [2.75, 3.05) is 4.90 Å². The maximum atomic E-state index is 2.60. The van der Waals surface area contributed by atoms with Crippen LogP contribution in [-0.2, 0) is 5.41 Å². The number of hydrogen-bond acceptors (Lipinski definition) is 1. The second kappa shape index (κ2) is 17.0. The first-order chi connectivity index (χ1) is 31.5. The van der Waals surface area contributed by atoms with Gasteiger partial charge in [-0.3, -0.25) is 0 Å². The molecule has 2 bridgehead atoms. The predicted octanol–water partition coefficient (Wildman–Crippen LogP) is 17.1. The third kappa shape index (κ3) is 7.24. The summed E-state index contributed by atoms with van der Waals surface area (Å²) in [5, 5.41) is 2.47. The number of benzene rings is 9. The second-order valence-corrected chi connectivity index (χ2v) is 18.7. The van der Waals surface area contributed by atoms with Gasteiger partial charge < -0.3 is 4.90 Å². The fraction of sp³-hybridized carbons (Fsp3) is 0.175. The zero-order valence-corrected chi connectivity index (χ0v) is 36.9. The van der Waals surface area contributed by atoms with Gasteiger partial charge in [0.2, 0.25) is 0 Å². The molecule has 64 heavy (non-hydrogen) atoms. The van der Waals surface area contributed by atoms with E-state index >= 15 is 0 Å². The van der Waals surface area contributed by atoms with Crippen molar-refractivity contribution in [2.24, 2.45) is 11.8 Å². The average Bonchev–Trinajstić information content (AvgIpc) is 3.35. The SMILES string of the molecule is C[C@@H]1CC2C[C@H](C)C[C@H](C1)c1cc(-c3ccc(N(c4ccc(-c5ccccc5)cc4)c4ccc5ccccc5c4)cc3)ccc1C(c1ccccc1)(c1ccccc1)c1ccccc12. The van der Waals surface area contributed by atoms with E-state index in [0.29, 0.717) is 23.7 Å². The summed E-state index contributed by atoms with van der Waals surface area (Å²) in [5.74, 6) is 2.20. The number of rotatable bonds is 7. The molecule has 312 valence electrons. The van der Waals surface area contributed by atoms with Crippen LogP contribution < -0.4 is 4.90 Å². The van der Waals surface area contributed by atoms with Crippen molar-refractivity contribution in [3.05, 3.63) is 258 Å². The Morgan fingerprint density at radius 1 is 0.344 bits per heavy atom. The fourth-order valence-corrected chi connectivity index (χ4v) is 11.8. The molecule has 0 aromatic heterocycles. The van der Waals surface area contributed by atoms with Gasteiger partial charge in [-0.05, 0) is 152 Å². The molecule has 1 nitrogen and oxygen atoms in total. The molecule has 0 aliphatic heterocycles. The van der Waals surface area contributed by atoms with Gasteiger partial charge in [0.25, 0.3) is 0 Å². The van der Waals surface area contributed by atoms with Crippen LogP contribution in [0.3, 0.4) is 0 Å². The largest absolute Gasteiger partial charge is 0.310 e. The molecule has 0 saturated heterocycles. The van der Waals surface area contributed by atoms with E-state index in [-0.39, 0.29) is 0 Å². The van der Waals surface area contributed by atoms with E-state index in [1.165, 1.54) is 92.1 Å². The Kier molecular flexibility index (Phi) is 10.6. The fourth-order valence-electron chi connectivity index (χ4n) is 11.8. The first kappa shape index (κ1) is 39.9. The third-order valence-electron chi connectivity index (χ3n) is 14.5. The quantitative estimate of drug-likeness (QED) is 0.155. The molecule has 1 saturated carbocycles. The molecule has 0 heterocycles. The van der Waals surface area contributed by atoms with Gasteiger partial charge in [0.1, 0.15) is 0 Å². The Bertz CT molecular complexity index is 2970. The highest BCUT2D eigenvalue weighted by molar-refractivity contribution is 5.90. The maximum Gasteiger partial charge on any atom is 0.0707 e. The lowest BCUT2D eigenvalue weighted by Crippen LogP contribution is -2.36. The van der Waals surface area contributed by atoms with Gasteiger partial charge in [0, 0.05) is 17.1 Å². The van der Waals surface area contributed by atoms with Gasteiger partial charge in [-0.1, -0.05) is 202 Å². The highest BCUT2D eigenvalue weighted by Crippen LogP contribution is 2.55. The van der Waals surface area contributed by atoms with Crippen molar-refractivity contribution in [1.29, 1.82) is 0 Å². The van der Waals surface area contributed by atoms with Crippen molar-refractivity contribution in [1.82, 2.24) is 0 Å². The Labute approximate surface area is 379 Å². The summed E-state index contributed by atoms with van der Waals surface area (Å²) in [6.07, 6.45) is 4.83. The minimum Gasteiger partial charge on any atom is -0.310 e. The summed E-state index contributed by atoms with van der Waals surface area (Å²) in [7, 11) is 0. The first-order valence-corrected chi connectivity index (χ1v) is 23.4. The molecule has 1 heteroatoms. The third-order valence-corrected chi connectivity index (χ3v) is 14.5. The lowest BCUT2D eigenvalue weighted by Gasteiger charge is -2.45. The van der Waals surface area contributed by atoms with Gasteiger partial charge in [0.15, 0.2) is 0 Å². The molecule has 1 fully saturated rings. The van der Waals surface area contributed by atoms with Crippen LogP contribution in [0.2, 0.25) is 0 Å². The smallest absolute Gasteiger partial charge is 0.0707 e. The molecule has 0 amide bonds. The standard InChI is InChI=1S/C63H55N/c1-44-38-52-39-45(2)41-53(40-44)60-43-51(31-37-62(60)63(54-20-8-4-9-21-54,55-22-10-5-11-23-55)61-25-15-14-24-59(52)61)49-28-34-57(35-29-49)64(58-36-30-47-18-12-13-19-50(47)42-58)56-32-26-48(27-33-56)46-16-6-3-7-17-46/h3-37,42-45,52-53H,38-41H2,1-2H3/t44-,45+,52?,53+. The van der Waals surface area contributed by atoms with Gasteiger partial charge >= 0.3 is 0 Å². The van der Waals surface area contributed by atoms with Gasteiger partial charge in [-0.2, -0.15) is 0 Å². The van der Waals surface area contributed by atoms with Gasteiger partial charge in [-0.15, -0.1) is 0 Å². The molecule has 3 aliphatic carbocycles. The van der Waals surface area contributed by atoms with Crippen molar-refractivity contribution in [2.45, 2.75) is 56.8 Å². The average molecular weight is 826 g/mol. The topological polar surface area (TPSA) is 3.24 Å². The van der Waals surface area contributed by atoms with Gasteiger partial charge in [0.05, 0.1) is 5.41 Å². The van der Waals surface area contributed by atoms with E-state index in [1.807, 2.05) is 0 Å². The number of nitrogens with zero attached hydrogens (tertiary/aromatic N) is 1. The van der Waals surface area contributed by atoms with Crippen LogP contribution in [-0.4, -0.2) is 0 Å². The summed E-state index contributed by atoms with van der Waals surface area (Å²) in [6, 6.07) is 84.3. The molecule has 4 atom stereocenters. The minimum absolute atomic E-state index is 0.444. The lowest BCUT2D eigenvalue weighted by molar-refractivity contribution is 0.284. The summed E-state index contributed by atoms with van der Waals surface area (Å²) < 4.78 is 0. The van der Waals surface area contributed by atoms with E-state index in [4.69, 9.17) is 0 Å². The second-order valence-electron chi connectivity index (χ2n) is 18.7. The summed E-state index contributed by atoms with van der Waals surface area (Å²) >= 11 is 0. The van der Waals surface area contributed by atoms with Crippen molar-refractivity contribution >= 4 is 27.8 Å². The van der Waals surface area contributed by atoms with Crippen LogP contribution in [0.5, 0.6) is 0 Å². The van der Waals surface area contributed by atoms with Crippen LogP contribution in [0, 0.1) is 11.8 Å². The summed E-state index contributed by atoms with van der Waals surface area (Å²) in [6.45, 7) is 5.03. The Hall–Kier alpha value is -6.96. The normalized spacial score (nSPS) is 19.0. The molecular formula is C63H55N. The first-order valence-electron chi connectivity index (χ1n) is 23.4. The molecule has 9 aromatic rings. The molecule has 12 rings (SSSR count). The Morgan fingerprint density at radius 2 is 0.781 bits per heavy atom. The van der Waals surface area contributed by atoms with E-state index in [2.05, 4.69) is 243 Å². The van der Waals surface area contributed by atoms with E-state index < -0.39 is 5.41 Å². The van der Waals surface area contributed by atoms with E-state index in [0.717, 1.165) is 17.1 Å². The van der Waals surface area contributed by atoms with Crippen LogP contribution in [0.15, 0.2) is 224 Å². The molecule has 9 aromatic carbocycles. The van der Waals surface area contributed by atoms with Crippen molar-refractivity contribution < 1.29 is 0 Å². The van der Waals surface area contributed by atoms with Crippen molar-refractivity contribution in [3.8, 4) is 22.3 Å². The molecule has 0 spiro atoms. The molecular weight excluding hydrogens is 771 g/mol. The zero-order valence-electron chi connectivity index (χ0n) is 36.9. The minimum atomic E-state index is -0.481. The number of anilines is 3. The maximum absolute atomic E-state index is 2.60. The van der Waals surface area contributed by atoms with Crippen LogP contribution >= 0.6 is 0 Å². The predicted molar refractivity (Wildman–Crippen MR) is 270 cm³/mol. The highest BCUT2D eigenvalue weighted by atomic mass is 15.1. The van der Waals surface area contributed by atoms with Crippen LogP contribution in [0.25, 0.3) is 33.0 Å². The monoisotopic (exact) mass is 825 g/mol. The molecule has 1 unspecified atom stereocenters. The lowest BCUT2D eigenvalue weighted by atomic mass is 9.58. The molecule has 3 aliphatic rings. The van der Waals surface area contributed by atoms with Gasteiger partial charge in [-0.25, -0.2) is 0 Å². The summed E-state index contributed by atoms with van der Waals surface area (Å²) in [4.78, 5) is 2.40. The zero-order chi connectivity index (χ0) is 43.0. The van der Waals surface area contributed by atoms with Crippen LogP contribution in [0.4, 0.5) is 17.1 Å². The van der Waals surface area contributed by atoms with Crippen LogP contribution in [0.1, 0.15) is 84.7 Å². The Balaban J connectivity index is 1.08. The molecule has 0 N–H and O–H groups in total. The van der Waals surface area contributed by atoms with Crippen molar-refractivity contribution in [3.63, 3.8) is 0 Å². The molecule has 0 radical (unpaired) electrons. The van der Waals surface area contributed by atoms with E-state index in [1.54, 1.807) is 0 Å². The highest BCUT2D eigenvalue weighted by Gasteiger charge is 2.45.